The van der Waals surface area contributed by atoms with E-state index in [0.29, 0.717) is 21.5 Å². The van der Waals surface area contributed by atoms with Crippen molar-refractivity contribution in [1.29, 1.82) is 0 Å². The second kappa shape index (κ2) is 6.02. The molecule has 0 aliphatic heterocycles. The molecule has 0 aliphatic rings. The van der Waals surface area contributed by atoms with E-state index in [4.69, 9.17) is 4.74 Å². The number of non-ortho nitro benzene ring substituents is 1. The normalized spacial score (nSPS) is 11.9. The van der Waals surface area contributed by atoms with E-state index in [2.05, 4.69) is 15.9 Å². The number of benzene rings is 2. The molecule has 2 rings (SSSR count). The summed E-state index contributed by atoms with van der Waals surface area (Å²) in [6.07, 6.45) is -0.691. The molecule has 0 spiro atoms. The van der Waals surface area contributed by atoms with E-state index in [1.807, 2.05) is 0 Å². The largest absolute Gasteiger partial charge is 0.456 e. The first-order valence-electron chi connectivity index (χ1n) is 5.88. The third kappa shape index (κ3) is 3.15. The van der Waals surface area contributed by atoms with Gasteiger partial charge in [-0.2, -0.15) is 0 Å². The number of nitro groups is 1. The van der Waals surface area contributed by atoms with E-state index in [1.165, 1.54) is 12.1 Å². The van der Waals surface area contributed by atoms with Crippen LogP contribution in [0.25, 0.3) is 0 Å². The third-order valence-corrected chi connectivity index (χ3v) is 3.37. The maximum Gasteiger partial charge on any atom is 0.273 e. The zero-order valence-electron chi connectivity index (χ0n) is 10.6. The molecule has 0 saturated heterocycles. The first kappa shape index (κ1) is 14.5. The summed E-state index contributed by atoms with van der Waals surface area (Å²) in [4.78, 5) is 10.3. The van der Waals surface area contributed by atoms with E-state index in [1.54, 1.807) is 37.3 Å². The molecule has 2 aromatic carbocycles. The minimum Gasteiger partial charge on any atom is -0.456 e. The Morgan fingerprint density at radius 3 is 2.60 bits per heavy atom. The van der Waals surface area contributed by atoms with Crippen LogP contribution in [0.3, 0.4) is 0 Å². The summed E-state index contributed by atoms with van der Waals surface area (Å²) in [5.74, 6) is 0.788. The van der Waals surface area contributed by atoms with Crippen molar-refractivity contribution in [2.75, 3.05) is 0 Å². The molecule has 0 fully saturated rings. The summed E-state index contributed by atoms with van der Waals surface area (Å²) in [5.41, 5.74) is 0.559. The predicted octanol–water partition coefficient (Wildman–Crippen LogP) is 4.20. The highest BCUT2D eigenvalue weighted by Gasteiger charge is 2.14. The summed E-state index contributed by atoms with van der Waals surface area (Å²) >= 11 is 3.29. The molecule has 0 amide bonds. The number of aliphatic hydroxyl groups excluding tert-OH is 1. The molecule has 0 bridgehead atoms. The predicted molar refractivity (Wildman–Crippen MR) is 77.9 cm³/mol. The first-order valence-corrected chi connectivity index (χ1v) is 6.67. The maximum atomic E-state index is 10.8. The lowest BCUT2D eigenvalue weighted by molar-refractivity contribution is -0.384. The van der Waals surface area contributed by atoms with Crippen molar-refractivity contribution in [2.24, 2.45) is 0 Å². The summed E-state index contributed by atoms with van der Waals surface area (Å²) in [6, 6.07) is 11.3. The Bertz CT molecular complexity index is 643. The summed E-state index contributed by atoms with van der Waals surface area (Å²) in [6.45, 7) is 1.63. The van der Waals surface area contributed by atoms with Crippen molar-refractivity contribution < 1.29 is 14.8 Å². The van der Waals surface area contributed by atoms with Crippen molar-refractivity contribution in [2.45, 2.75) is 13.0 Å². The van der Waals surface area contributed by atoms with Gasteiger partial charge in [0.1, 0.15) is 11.5 Å². The van der Waals surface area contributed by atoms with Crippen LogP contribution in [0.2, 0.25) is 0 Å². The summed E-state index contributed by atoms with van der Waals surface area (Å²) in [7, 11) is 0. The zero-order chi connectivity index (χ0) is 14.7. The molecule has 0 saturated carbocycles. The van der Waals surface area contributed by atoms with Gasteiger partial charge in [-0.25, -0.2) is 0 Å². The number of halogens is 1. The Morgan fingerprint density at radius 1 is 1.25 bits per heavy atom. The van der Waals surface area contributed by atoms with Crippen LogP contribution in [0, 0.1) is 10.1 Å². The fourth-order valence-electron chi connectivity index (χ4n) is 1.72. The van der Waals surface area contributed by atoms with Crippen LogP contribution in [0.5, 0.6) is 11.5 Å². The van der Waals surface area contributed by atoms with Gasteiger partial charge in [0.05, 0.1) is 21.6 Å². The van der Waals surface area contributed by atoms with Gasteiger partial charge in [0, 0.05) is 11.6 Å². The second-order valence-electron chi connectivity index (χ2n) is 4.19. The van der Waals surface area contributed by atoms with Crippen LogP contribution in [-0.4, -0.2) is 10.0 Å². The van der Waals surface area contributed by atoms with E-state index in [0.717, 1.165) is 0 Å². The number of para-hydroxylation sites is 1. The quantitative estimate of drug-likeness (QED) is 0.670. The van der Waals surface area contributed by atoms with Gasteiger partial charge < -0.3 is 9.84 Å². The van der Waals surface area contributed by atoms with Crippen LogP contribution in [-0.2, 0) is 0 Å². The second-order valence-corrected chi connectivity index (χ2v) is 5.04. The van der Waals surface area contributed by atoms with Crippen LogP contribution >= 0.6 is 15.9 Å². The van der Waals surface area contributed by atoms with Crippen molar-refractivity contribution in [3.05, 3.63) is 62.6 Å². The van der Waals surface area contributed by atoms with Gasteiger partial charge in [0.15, 0.2) is 0 Å². The van der Waals surface area contributed by atoms with Crippen LogP contribution in [0.1, 0.15) is 18.6 Å². The molecular weight excluding hydrogens is 326 g/mol. The molecule has 0 aromatic heterocycles. The van der Waals surface area contributed by atoms with Crippen LogP contribution in [0.4, 0.5) is 5.69 Å². The molecule has 1 atom stereocenters. The molecule has 104 valence electrons. The molecule has 2 aromatic rings. The van der Waals surface area contributed by atoms with Gasteiger partial charge in [0.25, 0.3) is 5.69 Å². The molecule has 5 nitrogen and oxygen atoms in total. The van der Waals surface area contributed by atoms with Gasteiger partial charge in [-0.3, -0.25) is 10.1 Å². The highest BCUT2D eigenvalue weighted by atomic mass is 79.9. The van der Waals surface area contributed by atoms with E-state index >= 15 is 0 Å². The first-order chi connectivity index (χ1) is 9.49. The minimum absolute atomic E-state index is 0.0577. The Hall–Kier alpha value is -1.92. The number of rotatable bonds is 4. The Balaban J connectivity index is 2.40. The van der Waals surface area contributed by atoms with Crippen molar-refractivity contribution >= 4 is 21.6 Å². The van der Waals surface area contributed by atoms with Gasteiger partial charge in [0.2, 0.25) is 0 Å². The van der Waals surface area contributed by atoms with E-state index < -0.39 is 11.0 Å². The molecule has 1 N–H and O–H groups in total. The molecule has 20 heavy (non-hydrogen) atoms. The van der Waals surface area contributed by atoms with E-state index in [9.17, 15) is 15.2 Å². The van der Waals surface area contributed by atoms with Gasteiger partial charge in [-0.05, 0) is 35.0 Å². The summed E-state index contributed by atoms with van der Waals surface area (Å²) < 4.78 is 6.28. The number of nitro benzene ring substituents is 1. The SMILES string of the molecule is C[C@@H](O)c1ccccc1Oc1cc([N+](=O)[O-])ccc1Br. The molecule has 0 aliphatic carbocycles. The van der Waals surface area contributed by atoms with E-state index in [-0.39, 0.29) is 5.69 Å². The molecule has 0 unspecified atom stereocenters. The molecule has 0 heterocycles. The van der Waals surface area contributed by atoms with Gasteiger partial charge >= 0.3 is 0 Å². The zero-order valence-corrected chi connectivity index (χ0v) is 12.2. The van der Waals surface area contributed by atoms with Crippen molar-refractivity contribution in [3.8, 4) is 11.5 Å². The summed E-state index contributed by atoms with van der Waals surface area (Å²) in [5, 5.41) is 20.5. The Kier molecular flexibility index (Phi) is 4.36. The smallest absolute Gasteiger partial charge is 0.273 e. The Labute approximate surface area is 124 Å². The van der Waals surface area contributed by atoms with Crippen molar-refractivity contribution in [1.82, 2.24) is 0 Å². The number of hydrogen-bond donors (Lipinski definition) is 1. The monoisotopic (exact) mass is 337 g/mol. The molecular formula is C14H12BrNO4. The van der Waals surface area contributed by atoms with Crippen molar-refractivity contribution in [3.63, 3.8) is 0 Å². The lowest BCUT2D eigenvalue weighted by Crippen LogP contribution is -1.97. The van der Waals surface area contributed by atoms with Crippen LogP contribution in [0.15, 0.2) is 46.9 Å². The lowest BCUT2D eigenvalue weighted by Gasteiger charge is -2.13. The average molecular weight is 338 g/mol. The number of hydrogen-bond acceptors (Lipinski definition) is 4. The molecule has 6 heteroatoms. The lowest BCUT2D eigenvalue weighted by atomic mass is 10.1. The average Bonchev–Trinajstić information content (AvgIpc) is 2.41. The highest BCUT2D eigenvalue weighted by molar-refractivity contribution is 9.10. The molecule has 0 radical (unpaired) electrons. The highest BCUT2D eigenvalue weighted by Crippen LogP contribution is 2.35. The number of ether oxygens (including phenoxy) is 1. The van der Waals surface area contributed by atoms with Crippen LogP contribution < -0.4 is 4.74 Å². The third-order valence-electron chi connectivity index (χ3n) is 2.71. The standard InChI is InChI=1S/C14H12BrNO4/c1-9(17)11-4-2-3-5-13(11)20-14-8-10(16(18)19)6-7-12(14)15/h2-9,17H,1H3/t9-/m1/s1. The number of aliphatic hydroxyl groups is 1. The number of nitrogens with zero attached hydrogens (tertiary/aromatic N) is 1. The fourth-order valence-corrected chi connectivity index (χ4v) is 2.05. The Morgan fingerprint density at radius 2 is 1.95 bits per heavy atom. The minimum atomic E-state index is -0.691. The topological polar surface area (TPSA) is 72.6 Å². The van der Waals surface area contributed by atoms with Gasteiger partial charge in [-0.1, -0.05) is 18.2 Å². The fraction of sp³-hybridized carbons (Fsp3) is 0.143. The van der Waals surface area contributed by atoms with Gasteiger partial charge in [-0.15, -0.1) is 0 Å². The maximum absolute atomic E-state index is 10.8.